The van der Waals surface area contributed by atoms with Crippen LogP contribution in [0.5, 0.6) is 0 Å². The number of rotatable bonds is 9. The van der Waals surface area contributed by atoms with Gasteiger partial charge in [-0.15, -0.1) is 0 Å². The molecule has 0 unspecified atom stereocenters. The summed E-state index contributed by atoms with van der Waals surface area (Å²) in [6.07, 6.45) is 5.66. The maximum atomic E-state index is 13.1. The lowest BCUT2D eigenvalue weighted by atomic mass is 10.1. The number of aromatic nitrogens is 2. The number of carbonyl (C=O) groups is 2. The van der Waals surface area contributed by atoms with E-state index in [0.717, 1.165) is 50.2 Å². The third kappa shape index (κ3) is 4.74. The second-order valence-electron chi connectivity index (χ2n) is 8.29. The minimum absolute atomic E-state index is 0.0340. The molecule has 1 aliphatic carbocycles. The molecule has 0 saturated heterocycles. The fourth-order valence-electron chi connectivity index (χ4n) is 3.99. The van der Waals surface area contributed by atoms with Crippen LogP contribution in [-0.2, 0) is 0 Å². The zero-order chi connectivity index (χ0) is 22.5. The number of carbonyl (C=O) groups excluding carboxylic acids is 2. The van der Waals surface area contributed by atoms with E-state index in [1.165, 1.54) is 0 Å². The van der Waals surface area contributed by atoms with E-state index in [1.54, 1.807) is 30.5 Å². The van der Waals surface area contributed by atoms with Crippen LogP contribution in [0.4, 0.5) is 5.69 Å². The Morgan fingerprint density at radius 2 is 1.66 bits per heavy atom. The fraction of sp³-hybridized carbons (Fsp3) is 0.346. The molecule has 0 atom stereocenters. The Morgan fingerprint density at radius 3 is 2.25 bits per heavy atom. The normalized spacial score (nSPS) is 13.1. The minimum atomic E-state index is -0.174. The molecule has 6 nitrogen and oxygen atoms in total. The van der Waals surface area contributed by atoms with Gasteiger partial charge < -0.3 is 10.2 Å². The Balaban J connectivity index is 1.50. The van der Waals surface area contributed by atoms with Crippen LogP contribution in [0.1, 0.15) is 71.9 Å². The van der Waals surface area contributed by atoms with Gasteiger partial charge in [-0.3, -0.25) is 9.59 Å². The molecule has 2 amide bonds. The van der Waals surface area contributed by atoms with E-state index >= 15 is 0 Å². The number of nitrogens with one attached hydrogen (secondary N) is 1. The molecule has 1 aliphatic rings. The van der Waals surface area contributed by atoms with Crippen molar-refractivity contribution in [2.24, 2.45) is 0 Å². The van der Waals surface area contributed by atoms with E-state index < -0.39 is 0 Å². The predicted octanol–water partition coefficient (Wildman–Crippen LogP) is 5.26. The van der Waals surface area contributed by atoms with Gasteiger partial charge in [0.1, 0.15) is 0 Å². The second-order valence-corrected chi connectivity index (χ2v) is 8.29. The Labute approximate surface area is 189 Å². The summed E-state index contributed by atoms with van der Waals surface area (Å²) >= 11 is 0. The molecule has 1 aromatic heterocycles. The van der Waals surface area contributed by atoms with Gasteiger partial charge in [0.05, 0.1) is 23.1 Å². The molecule has 0 bridgehead atoms. The van der Waals surface area contributed by atoms with Crippen LogP contribution in [0.15, 0.2) is 60.8 Å². The molecule has 32 heavy (non-hydrogen) atoms. The van der Waals surface area contributed by atoms with E-state index in [0.29, 0.717) is 22.7 Å². The van der Waals surface area contributed by atoms with Crippen molar-refractivity contribution < 1.29 is 9.59 Å². The highest BCUT2D eigenvalue weighted by atomic mass is 16.2. The summed E-state index contributed by atoms with van der Waals surface area (Å²) in [7, 11) is 0. The molecule has 6 heteroatoms. The number of benzene rings is 2. The number of hydrogen-bond donors (Lipinski definition) is 1. The number of para-hydroxylation sites is 1. The van der Waals surface area contributed by atoms with E-state index in [9.17, 15) is 9.59 Å². The average molecular weight is 431 g/mol. The standard InChI is InChI=1S/C26H30N4O2/c1-3-16-29(17-4-2)26(32)20-12-14-21(15-13-20)28-25(31)23-18-27-30(24(23)19-10-11-19)22-8-6-5-7-9-22/h5-9,12-15,18-19H,3-4,10-11,16-17H2,1-2H3,(H,28,31). The predicted molar refractivity (Wildman–Crippen MR) is 126 cm³/mol. The summed E-state index contributed by atoms with van der Waals surface area (Å²) in [4.78, 5) is 27.7. The molecule has 0 radical (unpaired) electrons. The highest BCUT2D eigenvalue weighted by molar-refractivity contribution is 6.05. The van der Waals surface area contributed by atoms with Gasteiger partial charge in [-0.1, -0.05) is 32.0 Å². The smallest absolute Gasteiger partial charge is 0.259 e. The third-order valence-electron chi connectivity index (χ3n) is 5.68. The first kappa shape index (κ1) is 21.8. The monoisotopic (exact) mass is 430 g/mol. The van der Waals surface area contributed by atoms with Gasteiger partial charge in [0.15, 0.2) is 0 Å². The molecule has 1 heterocycles. The largest absolute Gasteiger partial charge is 0.339 e. The SMILES string of the molecule is CCCN(CCC)C(=O)c1ccc(NC(=O)c2cnn(-c3ccccc3)c2C2CC2)cc1. The second kappa shape index (κ2) is 9.81. The first-order valence-corrected chi connectivity index (χ1v) is 11.5. The zero-order valence-electron chi connectivity index (χ0n) is 18.8. The van der Waals surface area contributed by atoms with Crippen molar-refractivity contribution in [3.05, 3.63) is 77.6 Å². The van der Waals surface area contributed by atoms with Crippen molar-refractivity contribution in [3.63, 3.8) is 0 Å². The highest BCUT2D eigenvalue weighted by Crippen LogP contribution is 2.42. The maximum Gasteiger partial charge on any atom is 0.259 e. The lowest BCUT2D eigenvalue weighted by molar-refractivity contribution is 0.0755. The van der Waals surface area contributed by atoms with E-state index in [4.69, 9.17) is 0 Å². The quantitative estimate of drug-likeness (QED) is 0.503. The molecule has 2 aromatic carbocycles. The maximum absolute atomic E-state index is 13.1. The highest BCUT2D eigenvalue weighted by Gasteiger charge is 2.33. The van der Waals surface area contributed by atoms with Gasteiger partial charge in [-0.25, -0.2) is 4.68 Å². The molecule has 1 N–H and O–H groups in total. The molecule has 166 valence electrons. The minimum Gasteiger partial charge on any atom is -0.339 e. The lowest BCUT2D eigenvalue weighted by Crippen LogP contribution is -2.32. The van der Waals surface area contributed by atoms with Gasteiger partial charge in [-0.05, 0) is 62.1 Å². The van der Waals surface area contributed by atoms with Crippen LogP contribution < -0.4 is 5.32 Å². The van der Waals surface area contributed by atoms with Gasteiger partial charge in [0.2, 0.25) is 0 Å². The van der Waals surface area contributed by atoms with E-state index in [2.05, 4.69) is 24.3 Å². The lowest BCUT2D eigenvalue weighted by Gasteiger charge is -2.21. The van der Waals surface area contributed by atoms with E-state index in [1.807, 2.05) is 39.9 Å². The fourth-order valence-corrected chi connectivity index (χ4v) is 3.99. The Kier molecular flexibility index (Phi) is 6.69. The van der Waals surface area contributed by atoms with Crippen LogP contribution in [0.25, 0.3) is 5.69 Å². The zero-order valence-corrected chi connectivity index (χ0v) is 18.8. The van der Waals surface area contributed by atoms with Crippen molar-refractivity contribution >= 4 is 17.5 Å². The molecule has 1 saturated carbocycles. The Bertz CT molecular complexity index is 1060. The van der Waals surface area contributed by atoms with Crippen molar-refractivity contribution in [1.29, 1.82) is 0 Å². The molecular formula is C26H30N4O2. The number of nitrogens with zero attached hydrogens (tertiary/aromatic N) is 3. The van der Waals surface area contributed by atoms with Gasteiger partial charge in [0.25, 0.3) is 11.8 Å². The van der Waals surface area contributed by atoms with Crippen LogP contribution in [0, 0.1) is 0 Å². The number of hydrogen-bond acceptors (Lipinski definition) is 3. The van der Waals surface area contributed by atoms with Crippen molar-refractivity contribution in [1.82, 2.24) is 14.7 Å². The van der Waals surface area contributed by atoms with Crippen LogP contribution in [-0.4, -0.2) is 39.6 Å². The molecule has 4 rings (SSSR count). The van der Waals surface area contributed by atoms with Crippen LogP contribution >= 0.6 is 0 Å². The van der Waals surface area contributed by atoms with Crippen LogP contribution in [0.2, 0.25) is 0 Å². The van der Waals surface area contributed by atoms with Crippen molar-refractivity contribution in [2.45, 2.75) is 45.4 Å². The van der Waals surface area contributed by atoms with E-state index in [-0.39, 0.29) is 11.8 Å². The summed E-state index contributed by atoms with van der Waals surface area (Å²) in [6, 6.07) is 17.1. The first-order chi connectivity index (χ1) is 15.6. The molecule has 1 fully saturated rings. The summed E-state index contributed by atoms with van der Waals surface area (Å²) in [5.74, 6) is 0.222. The molecule has 0 aliphatic heterocycles. The van der Waals surface area contributed by atoms with Crippen LogP contribution in [0.3, 0.4) is 0 Å². The third-order valence-corrected chi connectivity index (χ3v) is 5.68. The van der Waals surface area contributed by atoms with Gasteiger partial charge >= 0.3 is 0 Å². The summed E-state index contributed by atoms with van der Waals surface area (Å²) in [5, 5.41) is 7.48. The molecule has 3 aromatic rings. The molecule has 0 spiro atoms. The Hall–Kier alpha value is -3.41. The first-order valence-electron chi connectivity index (χ1n) is 11.5. The summed E-state index contributed by atoms with van der Waals surface area (Å²) < 4.78 is 1.88. The Morgan fingerprint density at radius 1 is 1.00 bits per heavy atom. The van der Waals surface area contributed by atoms with Crippen molar-refractivity contribution in [3.8, 4) is 5.69 Å². The number of amides is 2. The summed E-state index contributed by atoms with van der Waals surface area (Å²) in [5.41, 5.74) is 3.84. The molecular weight excluding hydrogens is 400 g/mol. The van der Waals surface area contributed by atoms with Gasteiger partial charge in [0, 0.05) is 30.3 Å². The number of anilines is 1. The van der Waals surface area contributed by atoms with Crippen molar-refractivity contribution in [2.75, 3.05) is 18.4 Å². The summed E-state index contributed by atoms with van der Waals surface area (Å²) in [6.45, 7) is 5.65. The topological polar surface area (TPSA) is 67.2 Å². The average Bonchev–Trinajstić information content (AvgIpc) is 3.57. The van der Waals surface area contributed by atoms with Gasteiger partial charge in [-0.2, -0.15) is 5.10 Å².